The van der Waals surface area contributed by atoms with E-state index in [1.165, 1.54) is 18.4 Å². The zero-order valence-electron chi connectivity index (χ0n) is 7.85. The molecule has 0 rings (SSSR count). The zero-order valence-corrected chi connectivity index (χ0v) is 7.85. The predicted molar refractivity (Wildman–Crippen MR) is 51.6 cm³/mol. The number of allylic oxidation sites excluding steroid dienone is 3. The van der Waals surface area contributed by atoms with Crippen LogP contribution in [0.5, 0.6) is 0 Å². The summed E-state index contributed by atoms with van der Waals surface area (Å²) in [6.07, 6.45) is 9.73. The molecule has 0 radical (unpaired) electrons. The number of rotatable bonds is 4. The summed E-state index contributed by atoms with van der Waals surface area (Å²) in [5, 5.41) is 0. The van der Waals surface area contributed by atoms with Crippen LogP contribution in [-0.2, 0) is 0 Å². The van der Waals surface area contributed by atoms with E-state index in [0.717, 1.165) is 6.42 Å². The van der Waals surface area contributed by atoms with E-state index < -0.39 is 0 Å². The second kappa shape index (κ2) is 7.37. The van der Waals surface area contributed by atoms with Crippen LogP contribution in [0.2, 0.25) is 0 Å². The van der Waals surface area contributed by atoms with Crippen molar-refractivity contribution in [3.8, 4) is 0 Å². The minimum atomic E-state index is 1.10. The van der Waals surface area contributed by atoms with Gasteiger partial charge in [0, 0.05) is 0 Å². The van der Waals surface area contributed by atoms with Crippen molar-refractivity contribution in [2.75, 3.05) is 0 Å². The van der Waals surface area contributed by atoms with Gasteiger partial charge in [-0.15, -0.1) is 5.73 Å². The fourth-order valence-corrected chi connectivity index (χ4v) is 0.623. The smallest absolute Gasteiger partial charge is 0.0204 e. The standard InChI is InChI=1S/C11H18/c1-4-6-7-8-9-10-11(3)5-2/h7-9H,4-6H2,1-3H3. The molecule has 0 spiro atoms. The van der Waals surface area contributed by atoms with Crippen molar-refractivity contribution < 1.29 is 0 Å². The summed E-state index contributed by atoms with van der Waals surface area (Å²) < 4.78 is 0. The van der Waals surface area contributed by atoms with Crippen LogP contribution in [0, 0.1) is 0 Å². The third-order valence-electron chi connectivity index (χ3n) is 1.55. The van der Waals surface area contributed by atoms with E-state index >= 15 is 0 Å². The summed E-state index contributed by atoms with van der Waals surface area (Å²) in [5.74, 6) is 0. The third kappa shape index (κ3) is 7.15. The van der Waals surface area contributed by atoms with E-state index in [0.29, 0.717) is 0 Å². The van der Waals surface area contributed by atoms with Gasteiger partial charge in [0.15, 0.2) is 0 Å². The van der Waals surface area contributed by atoms with Gasteiger partial charge in [-0.25, -0.2) is 0 Å². The molecule has 0 aliphatic rings. The summed E-state index contributed by atoms with van der Waals surface area (Å²) in [4.78, 5) is 0. The van der Waals surface area contributed by atoms with E-state index in [9.17, 15) is 0 Å². The fraction of sp³-hybridized carbons (Fsp3) is 0.545. The van der Waals surface area contributed by atoms with E-state index in [4.69, 9.17) is 0 Å². The van der Waals surface area contributed by atoms with Gasteiger partial charge in [0.05, 0.1) is 0 Å². The van der Waals surface area contributed by atoms with Crippen LogP contribution in [0.3, 0.4) is 0 Å². The lowest BCUT2D eigenvalue weighted by Gasteiger charge is -1.83. The molecule has 0 saturated carbocycles. The van der Waals surface area contributed by atoms with Crippen LogP contribution in [-0.4, -0.2) is 0 Å². The van der Waals surface area contributed by atoms with E-state index in [2.05, 4.69) is 38.7 Å². The topological polar surface area (TPSA) is 0 Å². The maximum atomic E-state index is 3.20. The largest absolute Gasteiger partial charge is 0.122 e. The fourth-order valence-electron chi connectivity index (χ4n) is 0.623. The van der Waals surface area contributed by atoms with Crippen molar-refractivity contribution in [2.24, 2.45) is 0 Å². The van der Waals surface area contributed by atoms with Gasteiger partial charge in [0.25, 0.3) is 0 Å². The molecule has 0 unspecified atom stereocenters. The molecule has 0 heteroatoms. The van der Waals surface area contributed by atoms with Crippen molar-refractivity contribution in [3.05, 3.63) is 29.5 Å². The monoisotopic (exact) mass is 150 g/mol. The first-order valence-corrected chi connectivity index (χ1v) is 4.38. The van der Waals surface area contributed by atoms with Gasteiger partial charge in [-0.05, 0) is 31.4 Å². The molecule has 0 fully saturated rings. The Kier molecular flexibility index (Phi) is 6.87. The Morgan fingerprint density at radius 1 is 1.36 bits per heavy atom. The highest BCUT2D eigenvalue weighted by Crippen LogP contribution is 1.94. The van der Waals surface area contributed by atoms with Crippen molar-refractivity contribution in [3.63, 3.8) is 0 Å². The highest BCUT2D eigenvalue weighted by atomic mass is 13.8. The highest BCUT2D eigenvalue weighted by Gasteiger charge is 1.75. The molecule has 0 N–H and O–H groups in total. The van der Waals surface area contributed by atoms with Crippen LogP contribution in [0.4, 0.5) is 0 Å². The summed E-state index contributed by atoms with van der Waals surface area (Å²) in [6.45, 7) is 6.43. The molecule has 0 atom stereocenters. The summed E-state index contributed by atoms with van der Waals surface area (Å²) >= 11 is 0. The Labute approximate surface area is 70.3 Å². The second-order valence-electron chi connectivity index (χ2n) is 2.66. The molecular weight excluding hydrogens is 132 g/mol. The van der Waals surface area contributed by atoms with Crippen LogP contribution in [0.25, 0.3) is 0 Å². The first kappa shape index (κ1) is 10.3. The Bertz CT molecular complexity index is 166. The molecule has 0 aromatic heterocycles. The second-order valence-corrected chi connectivity index (χ2v) is 2.66. The molecule has 0 aromatic rings. The Balaban J connectivity index is 3.75. The van der Waals surface area contributed by atoms with Crippen molar-refractivity contribution >= 4 is 0 Å². The highest BCUT2D eigenvalue weighted by molar-refractivity contribution is 5.06. The molecule has 0 heterocycles. The third-order valence-corrected chi connectivity index (χ3v) is 1.55. The lowest BCUT2D eigenvalue weighted by molar-refractivity contribution is 0.959. The maximum Gasteiger partial charge on any atom is -0.0204 e. The lowest BCUT2D eigenvalue weighted by Crippen LogP contribution is -1.63. The minimum Gasteiger partial charge on any atom is -0.122 e. The summed E-state index contributed by atoms with van der Waals surface area (Å²) in [6, 6.07) is 0. The van der Waals surface area contributed by atoms with Crippen molar-refractivity contribution in [1.29, 1.82) is 0 Å². The van der Waals surface area contributed by atoms with Crippen LogP contribution >= 0.6 is 0 Å². The van der Waals surface area contributed by atoms with Gasteiger partial charge < -0.3 is 0 Å². The van der Waals surface area contributed by atoms with E-state index in [-0.39, 0.29) is 0 Å². The Morgan fingerprint density at radius 2 is 2.09 bits per heavy atom. The van der Waals surface area contributed by atoms with Gasteiger partial charge in [-0.1, -0.05) is 32.4 Å². The van der Waals surface area contributed by atoms with Crippen molar-refractivity contribution in [1.82, 2.24) is 0 Å². The van der Waals surface area contributed by atoms with Crippen molar-refractivity contribution in [2.45, 2.75) is 40.0 Å². The first-order chi connectivity index (χ1) is 5.31. The molecule has 0 bridgehead atoms. The van der Waals surface area contributed by atoms with Gasteiger partial charge in [-0.3, -0.25) is 0 Å². The number of unbranched alkanes of at least 4 members (excludes halogenated alkanes) is 1. The number of hydrogen-bond acceptors (Lipinski definition) is 0. The number of hydrogen-bond donors (Lipinski definition) is 0. The molecule has 0 aromatic carbocycles. The minimum absolute atomic E-state index is 1.10. The van der Waals surface area contributed by atoms with E-state index in [1.807, 2.05) is 6.08 Å². The molecule has 11 heavy (non-hydrogen) atoms. The molecule has 0 aliphatic heterocycles. The lowest BCUT2D eigenvalue weighted by atomic mass is 10.2. The summed E-state index contributed by atoms with van der Waals surface area (Å²) in [5.41, 5.74) is 4.51. The normalized spacial score (nSPS) is 9.73. The average molecular weight is 150 g/mol. The zero-order chi connectivity index (χ0) is 8.53. The average Bonchev–Trinajstić information content (AvgIpc) is 2.04. The molecule has 62 valence electrons. The first-order valence-electron chi connectivity index (χ1n) is 4.38. The van der Waals surface area contributed by atoms with Crippen LogP contribution in [0.1, 0.15) is 40.0 Å². The van der Waals surface area contributed by atoms with E-state index in [1.54, 1.807) is 0 Å². The van der Waals surface area contributed by atoms with Gasteiger partial charge in [0.2, 0.25) is 0 Å². The molecule has 0 amide bonds. The van der Waals surface area contributed by atoms with Gasteiger partial charge in [0.1, 0.15) is 0 Å². The predicted octanol–water partition coefficient (Wildman–Crippen LogP) is 3.85. The van der Waals surface area contributed by atoms with Gasteiger partial charge >= 0.3 is 0 Å². The van der Waals surface area contributed by atoms with Crippen LogP contribution in [0.15, 0.2) is 29.5 Å². The van der Waals surface area contributed by atoms with Crippen LogP contribution < -0.4 is 0 Å². The molecule has 0 aliphatic carbocycles. The maximum absolute atomic E-state index is 3.20. The molecule has 0 nitrogen and oxygen atoms in total. The Morgan fingerprint density at radius 3 is 2.64 bits per heavy atom. The summed E-state index contributed by atoms with van der Waals surface area (Å²) in [7, 11) is 0. The molecule has 0 saturated heterocycles. The molecular formula is C11H18. The van der Waals surface area contributed by atoms with Gasteiger partial charge in [-0.2, -0.15) is 0 Å². The Hall–Kier alpha value is -0.740. The quantitative estimate of drug-likeness (QED) is 0.422. The SMILES string of the molecule is CCCC=CC=C=C(C)CC.